The minimum Gasteiger partial charge on any atom is -0.354 e. The smallest absolute Gasteiger partial charge is 0.0950 e. The fourth-order valence-electron chi connectivity index (χ4n) is 0.825. The Hall–Kier alpha value is -0.250. The largest absolute Gasteiger partial charge is 0.354 e. The Kier molecular flexibility index (Phi) is 3.17. The molecule has 0 aliphatic carbocycles. The Balaban J connectivity index is 2.60. The van der Waals surface area contributed by atoms with Crippen LogP contribution in [0.15, 0.2) is 12.1 Å². The first-order valence-corrected chi connectivity index (χ1v) is 4.54. The summed E-state index contributed by atoms with van der Waals surface area (Å²) in [5.41, 5.74) is 0. The zero-order valence-electron chi connectivity index (χ0n) is 6.60. The van der Waals surface area contributed by atoms with E-state index in [9.17, 15) is 0 Å². The summed E-state index contributed by atoms with van der Waals surface area (Å²) in [5.74, 6) is 0. The molecule has 0 aliphatic rings. The topological polar surface area (TPSA) is 15.3 Å². The lowest BCUT2D eigenvalue weighted by atomic mass is 10.6. The van der Waals surface area contributed by atoms with Crippen LogP contribution in [0.2, 0.25) is 4.34 Å². The van der Waals surface area contributed by atoms with E-state index in [0.717, 1.165) is 11.0 Å². The maximum Gasteiger partial charge on any atom is 0.0950 e. The Bertz CT molecular complexity index is 224. The summed E-state index contributed by atoms with van der Waals surface area (Å²) in [7, 11) is 3.95. The molecule has 0 fully saturated rings. The van der Waals surface area contributed by atoms with Crippen LogP contribution in [0.25, 0.3) is 0 Å². The highest BCUT2D eigenvalue weighted by Gasteiger charge is 2.01. The number of hydrogen-bond acceptors (Lipinski definition) is 3. The third-order valence-electron chi connectivity index (χ3n) is 1.33. The van der Waals surface area contributed by atoms with Gasteiger partial charge in [-0.05, 0) is 19.2 Å². The standard InChI is InChI=1S/C7H11ClN2S/c1-9-5-10(2)7-4-3-6(8)11-7/h3-4,9H,5H2,1-2H3. The van der Waals surface area contributed by atoms with E-state index in [1.807, 2.05) is 26.2 Å². The number of nitrogens with one attached hydrogen (secondary N) is 1. The second-order valence-corrected chi connectivity index (χ2v) is 3.98. The number of nitrogens with zero attached hydrogens (tertiary/aromatic N) is 1. The van der Waals surface area contributed by atoms with E-state index in [1.165, 1.54) is 5.00 Å². The van der Waals surface area contributed by atoms with Crippen LogP contribution in [0.1, 0.15) is 0 Å². The third-order valence-corrected chi connectivity index (χ3v) is 2.68. The molecule has 1 aromatic rings. The van der Waals surface area contributed by atoms with Crippen LogP contribution in [0.5, 0.6) is 0 Å². The molecule has 0 saturated carbocycles. The summed E-state index contributed by atoms with van der Waals surface area (Å²) < 4.78 is 0.836. The third kappa shape index (κ3) is 2.36. The minimum atomic E-state index is 0.836. The molecule has 0 amide bonds. The Morgan fingerprint density at radius 3 is 2.82 bits per heavy atom. The molecule has 1 aromatic heterocycles. The predicted octanol–water partition coefficient (Wildman–Crippen LogP) is 2.01. The molecule has 1 rings (SSSR count). The fourth-order valence-corrected chi connectivity index (χ4v) is 1.82. The van der Waals surface area contributed by atoms with Gasteiger partial charge in [-0.3, -0.25) is 0 Å². The molecule has 11 heavy (non-hydrogen) atoms. The van der Waals surface area contributed by atoms with E-state index in [1.54, 1.807) is 11.3 Å². The van der Waals surface area contributed by atoms with Crippen molar-refractivity contribution in [3.8, 4) is 0 Å². The van der Waals surface area contributed by atoms with E-state index in [2.05, 4.69) is 10.2 Å². The van der Waals surface area contributed by atoms with Crippen molar-refractivity contribution >= 4 is 27.9 Å². The fraction of sp³-hybridized carbons (Fsp3) is 0.429. The lowest BCUT2D eigenvalue weighted by molar-refractivity contribution is 0.781. The highest BCUT2D eigenvalue weighted by Crippen LogP contribution is 2.28. The predicted molar refractivity (Wildman–Crippen MR) is 51.7 cm³/mol. The zero-order valence-corrected chi connectivity index (χ0v) is 8.17. The van der Waals surface area contributed by atoms with E-state index < -0.39 is 0 Å². The van der Waals surface area contributed by atoms with Gasteiger partial charge in [0.1, 0.15) is 0 Å². The van der Waals surface area contributed by atoms with Crippen molar-refractivity contribution in [3.05, 3.63) is 16.5 Å². The van der Waals surface area contributed by atoms with Crippen LogP contribution in [0.3, 0.4) is 0 Å². The van der Waals surface area contributed by atoms with Gasteiger partial charge in [-0.2, -0.15) is 0 Å². The van der Waals surface area contributed by atoms with Gasteiger partial charge >= 0.3 is 0 Å². The number of thiophene rings is 1. The molecule has 0 bridgehead atoms. The van der Waals surface area contributed by atoms with Crippen molar-refractivity contribution in [1.29, 1.82) is 0 Å². The number of halogens is 1. The first-order chi connectivity index (χ1) is 5.24. The summed E-state index contributed by atoms with van der Waals surface area (Å²) in [6.07, 6.45) is 0. The molecule has 62 valence electrons. The highest BCUT2D eigenvalue weighted by molar-refractivity contribution is 7.19. The summed E-state index contributed by atoms with van der Waals surface area (Å²) in [6.45, 7) is 0.844. The maximum absolute atomic E-state index is 5.78. The van der Waals surface area contributed by atoms with Crippen molar-refractivity contribution in [2.24, 2.45) is 0 Å². The molecule has 1 heterocycles. The minimum absolute atomic E-state index is 0.836. The van der Waals surface area contributed by atoms with Gasteiger partial charge in [0.25, 0.3) is 0 Å². The first-order valence-electron chi connectivity index (χ1n) is 3.35. The molecule has 0 aromatic carbocycles. The molecular weight excluding hydrogens is 180 g/mol. The highest BCUT2D eigenvalue weighted by atomic mass is 35.5. The summed E-state index contributed by atoms with van der Waals surface area (Å²) in [6, 6.07) is 3.93. The van der Waals surface area contributed by atoms with Gasteiger partial charge < -0.3 is 10.2 Å². The quantitative estimate of drug-likeness (QED) is 0.734. The lowest BCUT2D eigenvalue weighted by Crippen LogP contribution is -2.27. The molecule has 1 N–H and O–H groups in total. The average Bonchev–Trinajstić information content (AvgIpc) is 2.36. The number of anilines is 1. The van der Waals surface area contributed by atoms with E-state index in [-0.39, 0.29) is 0 Å². The molecule has 0 aliphatic heterocycles. The van der Waals surface area contributed by atoms with Gasteiger partial charge in [-0.15, -0.1) is 11.3 Å². The molecule has 4 heteroatoms. The van der Waals surface area contributed by atoms with Crippen LogP contribution in [-0.4, -0.2) is 20.8 Å². The van der Waals surface area contributed by atoms with Gasteiger partial charge in [-0.25, -0.2) is 0 Å². The van der Waals surface area contributed by atoms with Crippen LogP contribution in [-0.2, 0) is 0 Å². The van der Waals surface area contributed by atoms with Gasteiger partial charge in [-0.1, -0.05) is 11.6 Å². The van der Waals surface area contributed by atoms with Crippen molar-refractivity contribution in [2.45, 2.75) is 0 Å². The Labute approximate surface area is 75.8 Å². The van der Waals surface area contributed by atoms with Crippen LogP contribution in [0.4, 0.5) is 5.00 Å². The normalized spacial score (nSPS) is 10.1. The van der Waals surface area contributed by atoms with E-state index >= 15 is 0 Å². The van der Waals surface area contributed by atoms with Crippen LogP contribution >= 0.6 is 22.9 Å². The average molecular weight is 191 g/mol. The number of rotatable bonds is 3. The molecule has 0 unspecified atom stereocenters. The maximum atomic E-state index is 5.78. The molecule has 2 nitrogen and oxygen atoms in total. The molecular formula is C7H11ClN2S. The van der Waals surface area contributed by atoms with Gasteiger partial charge in [0, 0.05) is 7.05 Å². The zero-order chi connectivity index (χ0) is 8.27. The van der Waals surface area contributed by atoms with Crippen molar-refractivity contribution < 1.29 is 0 Å². The summed E-state index contributed by atoms with van der Waals surface area (Å²) in [4.78, 5) is 2.11. The van der Waals surface area contributed by atoms with Gasteiger partial charge in [0.15, 0.2) is 0 Å². The molecule has 0 radical (unpaired) electrons. The second kappa shape index (κ2) is 3.95. The van der Waals surface area contributed by atoms with Gasteiger partial charge in [0.05, 0.1) is 16.0 Å². The first kappa shape index (κ1) is 8.84. The van der Waals surface area contributed by atoms with Gasteiger partial charge in [0.2, 0.25) is 0 Å². The summed E-state index contributed by atoms with van der Waals surface area (Å²) in [5, 5.41) is 4.25. The van der Waals surface area contributed by atoms with Crippen molar-refractivity contribution in [2.75, 3.05) is 25.7 Å². The Morgan fingerprint density at radius 2 is 2.36 bits per heavy atom. The molecule has 0 saturated heterocycles. The molecule has 0 spiro atoms. The molecule has 0 atom stereocenters. The lowest BCUT2D eigenvalue weighted by Gasteiger charge is -2.15. The second-order valence-electron chi connectivity index (χ2n) is 2.29. The van der Waals surface area contributed by atoms with Crippen LogP contribution < -0.4 is 10.2 Å². The summed E-state index contributed by atoms with van der Waals surface area (Å²) >= 11 is 7.36. The van der Waals surface area contributed by atoms with E-state index in [4.69, 9.17) is 11.6 Å². The van der Waals surface area contributed by atoms with Crippen molar-refractivity contribution in [3.63, 3.8) is 0 Å². The van der Waals surface area contributed by atoms with Crippen molar-refractivity contribution in [1.82, 2.24) is 5.32 Å². The monoisotopic (exact) mass is 190 g/mol. The Morgan fingerprint density at radius 1 is 1.64 bits per heavy atom. The SMILES string of the molecule is CNCN(C)c1ccc(Cl)s1. The number of hydrogen-bond donors (Lipinski definition) is 1. The van der Waals surface area contributed by atoms with Crippen LogP contribution in [0, 0.1) is 0 Å². The van der Waals surface area contributed by atoms with E-state index in [0.29, 0.717) is 0 Å².